The van der Waals surface area contributed by atoms with Crippen LogP contribution in [0.5, 0.6) is 5.75 Å². The van der Waals surface area contributed by atoms with E-state index in [0.29, 0.717) is 18.0 Å². The lowest BCUT2D eigenvalue weighted by molar-refractivity contribution is 0.363. The molecule has 0 spiro atoms. The van der Waals surface area contributed by atoms with Crippen LogP contribution >= 0.6 is 0 Å². The van der Waals surface area contributed by atoms with E-state index in [2.05, 4.69) is 27.4 Å². The van der Waals surface area contributed by atoms with Crippen molar-refractivity contribution < 1.29 is 4.74 Å². The fourth-order valence-electron chi connectivity index (χ4n) is 2.81. The number of aryl methyl sites for hydroxylation is 1. The number of nitrogens with zero attached hydrogens (tertiary/aromatic N) is 4. The fraction of sp³-hybridized carbons (Fsp3) is 0.316. The lowest BCUT2D eigenvalue weighted by Gasteiger charge is -2.06. The zero-order chi connectivity index (χ0) is 16.8. The van der Waals surface area contributed by atoms with Gasteiger partial charge in [0.2, 0.25) is 0 Å². The molecule has 0 atom stereocenters. The quantitative estimate of drug-likeness (QED) is 0.623. The van der Waals surface area contributed by atoms with Gasteiger partial charge in [0, 0.05) is 13.0 Å². The Labute approximate surface area is 141 Å². The number of rotatable bonds is 5. The monoisotopic (exact) mass is 320 g/mol. The van der Waals surface area contributed by atoms with E-state index >= 15 is 0 Å². The second-order valence-electron chi connectivity index (χ2n) is 5.74. The Hall–Kier alpha value is -2.87. The largest absolute Gasteiger partial charge is 0.490 e. The van der Waals surface area contributed by atoms with Gasteiger partial charge in [-0.3, -0.25) is 0 Å². The van der Waals surface area contributed by atoms with Crippen molar-refractivity contribution in [1.82, 2.24) is 14.8 Å². The third-order valence-corrected chi connectivity index (χ3v) is 4.03. The molecule has 0 amide bonds. The van der Waals surface area contributed by atoms with Gasteiger partial charge in [-0.05, 0) is 36.6 Å². The lowest BCUT2D eigenvalue weighted by Crippen LogP contribution is -2.05. The maximum absolute atomic E-state index is 9.57. The molecule has 24 heavy (non-hydrogen) atoms. The molecule has 1 aliphatic rings. The molecular formula is C19H20N4O. The summed E-state index contributed by atoms with van der Waals surface area (Å²) >= 11 is 0. The Balaban J connectivity index is 1.86. The van der Waals surface area contributed by atoms with Crippen LogP contribution in [0.1, 0.15) is 36.5 Å². The van der Waals surface area contributed by atoms with Crippen LogP contribution in [0, 0.1) is 11.3 Å². The van der Waals surface area contributed by atoms with Crippen LogP contribution < -0.4 is 4.74 Å². The average molecular weight is 320 g/mol. The highest BCUT2D eigenvalue weighted by atomic mass is 16.5. The standard InChI is InChI=1S/C19H20N4O/c1-2-12-24-17-9-7-15(8-10-17)13-16(14-20)19-22-21-18-6-4-3-5-11-23(18)19/h2,7-10,13H,1,3-6,11-12H2. The van der Waals surface area contributed by atoms with E-state index in [1.165, 1.54) is 6.42 Å². The Morgan fingerprint density at radius 3 is 2.83 bits per heavy atom. The van der Waals surface area contributed by atoms with Gasteiger partial charge in [-0.2, -0.15) is 5.26 Å². The summed E-state index contributed by atoms with van der Waals surface area (Å²) in [5, 5.41) is 18.1. The summed E-state index contributed by atoms with van der Waals surface area (Å²) in [6.07, 6.45) is 7.92. The van der Waals surface area contributed by atoms with Crippen molar-refractivity contribution in [1.29, 1.82) is 5.26 Å². The van der Waals surface area contributed by atoms with Crippen molar-refractivity contribution >= 4 is 11.6 Å². The highest BCUT2D eigenvalue weighted by Crippen LogP contribution is 2.22. The van der Waals surface area contributed by atoms with Crippen molar-refractivity contribution in [2.45, 2.75) is 32.2 Å². The minimum atomic E-state index is 0.477. The van der Waals surface area contributed by atoms with Crippen LogP contribution in [-0.2, 0) is 13.0 Å². The van der Waals surface area contributed by atoms with Gasteiger partial charge in [-0.1, -0.05) is 31.2 Å². The van der Waals surface area contributed by atoms with Crippen molar-refractivity contribution in [2.75, 3.05) is 6.61 Å². The smallest absolute Gasteiger partial charge is 0.174 e. The minimum Gasteiger partial charge on any atom is -0.490 e. The fourth-order valence-corrected chi connectivity index (χ4v) is 2.81. The summed E-state index contributed by atoms with van der Waals surface area (Å²) in [7, 11) is 0. The number of hydrogen-bond acceptors (Lipinski definition) is 4. The van der Waals surface area contributed by atoms with Gasteiger partial charge in [-0.15, -0.1) is 10.2 Å². The molecule has 122 valence electrons. The van der Waals surface area contributed by atoms with Gasteiger partial charge in [0.25, 0.3) is 0 Å². The zero-order valence-corrected chi connectivity index (χ0v) is 13.6. The predicted molar refractivity (Wildman–Crippen MR) is 93.2 cm³/mol. The maximum atomic E-state index is 9.57. The summed E-state index contributed by atoms with van der Waals surface area (Å²) in [6, 6.07) is 9.88. The number of benzene rings is 1. The predicted octanol–water partition coefficient (Wildman–Crippen LogP) is 3.63. The van der Waals surface area contributed by atoms with Crippen molar-refractivity contribution in [3.8, 4) is 11.8 Å². The molecule has 2 aromatic rings. The second-order valence-corrected chi connectivity index (χ2v) is 5.74. The van der Waals surface area contributed by atoms with Crippen LogP contribution in [0.25, 0.3) is 11.6 Å². The normalized spacial score (nSPS) is 14.4. The molecule has 0 N–H and O–H groups in total. The number of nitriles is 1. The van der Waals surface area contributed by atoms with E-state index in [1.54, 1.807) is 6.08 Å². The Morgan fingerprint density at radius 1 is 1.25 bits per heavy atom. The van der Waals surface area contributed by atoms with Crippen LogP contribution in [-0.4, -0.2) is 21.4 Å². The first-order valence-electron chi connectivity index (χ1n) is 8.20. The number of aromatic nitrogens is 3. The maximum Gasteiger partial charge on any atom is 0.174 e. The molecule has 0 saturated carbocycles. The SMILES string of the molecule is C=CCOc1ccc(C=C(C#N)c2nnc3n2CCCCC3)cc1. The molecule has 1 aliphatic heterocycles. The summed E-state index contributed by atoms with van der Waals surface area (Å²) in [4.78, 5) is 0. The van der Waals surface area contributed by atoms with Gasteiger partial charge in [0.15, 0.2) is 5.82 Å². The van der Waals surface area contributed by atoms with Gasteiger partial charge in [0.05, 0.1) is 5.57 Å². The molecule has 0 unspecified atom stereocenters. The van der Waals surface area contributed by atoms with E-state index in [-0.39, 0.29) is 0 Å². The molecule has 3 rings (SSSR count). The Kier molecular flexibility index (Phi) is 5.07. The molecule has 0 fully saturated rings. The van der Waals surface area contributed by atoms with Gasteiger partial charge in [0.1, 0.15) is 24.3 Å². The average Bonchev–Trinajstić information content (AvgIpc) is 2.86. The molecular weight excluding hydrogens is 300 g/mol. The zero-order valence-electron chi connectivity index (χ0n) is 13.6. The molecule has 0 radical (unpaired) electrons. The third kappa shape index (κ3) is 3.54. The Morgan fingerprint density at radius 2 is 2.08 bits per heavy atom. The summed E-state index contributed by atoms with van der Waals surface area (Å²) in [5.74, 6) is 2.43. The van der Waals surface area contributed by atoms with Crippen LogP contribution in [0.3, 0.4) is 0 Å². The van der Waals surface area contributed by atoms with Gasteiger partial charge < -0.3 is 9.30 Å². The number of allylic oxidation sites excluding steroid dienone is 1. The highest BCUT2D eigenvalue weighted by Gasteiger charge is 2.17. The molecule has 0 saturated heterocycles. The van der Waals surface area contributed by atoms with Crippen LogP contribution in [0.4, 0.5) is 0 Å². The van der Waals surface area contributed by atoms with Crippen molar-refractivity contribution in [2.24, 2.45) is 0 Å². The van der Waals surface area contributed by atoms with E-state index in [0.717, 1.165) is 42.9 Å². The van der Waals surface area contributed by atoms with Crippen LogP contribution in [0.15, 0.2) is 36.9 Å². The minimum absolute atomic E-state index is 0.477. The Bertz CT molecular complexity index is 781. The first kappa shape index (κ1) is 16.0. The summed E-state index contributed by atoms with van der Waals surface area (Å²) < 4.78 is 7.56. The van der Waals surface area contributed by atoms with E-state index in [9.17, 15) is 5.26 Å². The molecule has 1 aromatic heterocycles. The first-order valence-corrected chi connectivity index (χ1v) is 8.20. The van der Waals surface area contributed by atoms with E-state index in [4.69, 9.17) is 4.74 Å². The summed E-state index contributed by atoms with van der Waals surface area (Å²) in [5.41, 5.74) is 1.47. The molecule has 0 bridgehead atoms. The lowest BCUT2D eigenvalue weighted by atomic mass is 10.1. The molecule has 5 heteroatoms. The number of ether oxygens (including phenoxy) is 1. The number of fused-ring (bicyclic) bond motifs is 1. The second kappa shape index (κ2) is 7.60. The molecule has 5 nitrogen and oxygen atoms in total. The van der Waals surface area contributed by atoms with E-state index < -0.39 is 0 Å². The van der Waals surface area contributed by atoms with Gasteiger partial charge in [-0.25, -0.2) is 0 Å². The topological polar surface area (TPSA) is 63.7 Å². The van der Waals surface area contributed by atoms with Gasteiger partial charge >= 0.3 is 0 Å². The van der Waals surface area contributed by atoms with Crippen LogP contribution in [0.2, 0.25) is 0 Å². The van der Waals surface area contributed by atoms with E-state index in [1.807, 2.05) is 30.3 Å². The highest BCUT2D eigenvalue weighted by molar-refractivity contribution is 5.87. The summed E-state index contributed by atoms with van der Waals surface area (Å²) in [6.45, 7) is 4.98. The van der Waals surface area contributed by atoms with Crippen molar-refractivity contribution in [3.05, 3.63) is 54.1 Å². The third-order valence-electron chi connectivity index (χ3n) is 4.03. The number of hydrogen-bond donors (Lipinski definition) is 0. The van der Waals surface area contributed by atoms with Crippen molar-refractivity contribution in [3.63, 3.8) is 0 Å². The molecule has 2 heterocycles. The first-order chi connectivity index (χ1) is 11.8. The molecule has 1 aromatic carbocycles. The molecule has 0 aliphatic carbocycles.